The number of aryl methyl sites for hydroxylation is 1. The Morgan fingerprint density at radius 2 is 1.88 bits per heavy atom. The zero-order chi connectivity index (χ0) is 18.9. The van der Waals surface area contributed by atoms with Crippen molar-refractivity contribution in [3.8, 4) is 0 Å². The van der Waals surface area contributed by atoms with Crippen LogP contribution < -0.4 is 4.72 Å². The monoisotopic (exact) mass is 397 g/mol. The van der Waals surface area contributed by atoms with Gasteiger partial charge in [0.25, 0.3) is 15.9 Å². The number of likely N-dealkylation sites (tertiary alicyclic amines) is 1. The molecule has 0 atom stereocenters. The topological polar surface area (TPSA) is 79.4 Å². The molecule has 6 nitrogen and oxygen atoms in total. The van der Waals surface area contributed by atoms with Gasteiger partial charge in [-0.15, -0.1) is 0 Å². The maximum absolute atomic E-state index is 13.0. The molecule has 0 spiro atoms. The summed E-state index contributed by atoms with van der Waals surface area (Å²) in [5, 5.41) is 0.126. The highest BCUT2D eigenvalue weighted by Crippen LogP contribution is 2.28. The SMILES string of the molecule is Cc1nc(NS(=O)(=O)c2ccc(F)cc2)sc1C(=O)N1CCC(C)CC1. The lowest BCUT2D eigenvalue weighted by Crippen LogP contribution is -2.37. The molecule has 1 amide bonds. The van der Waals surface area contributed by atoms with Crippen LogP contribution in [0.4, 0.5) is 9.52 Å². The number of piperidine rings is 1. The summed E-state index contributed by atoms with van der Waals surface area (Å²) in [7, 11) is -3.89. The Balaban J connectivity index is 1.77. The highest BCUT2D eigenvalue weighted by Gasteiger charge is 2.26. The van der Waals surface area contributed by atoms with Crippen LogP contribution in [-0.2, 0) is 10.0 Å². The number of halogens is 1. The molecule has 0 saturated carbocycles. The largest absolute Gasteiger partial charge is 0.338 e. The van der Waals surface area contributed by atoms with Crippen LogP contribution in [0.3, 0.4) is 0 Å². The first-order valence-corrected chi connectivity index (χ1v) is 10.6. The number of sulfonamides is 1. The summed E-state index contributed by atoms with van der Waals surface area (Å²) < 4.78 is 40.1. The summed E-state index contributed by atoms with van der Waals surface area (Å²) in [5.41, 5.74) is 0.496. The van der Waals surface area contributed by atoms with Crippen LogP contribution >= 0.6 is 11.3 Å². The fourth-order valence-electron chi connectivity index (χ4n) is 2.78. The zero-order valence-electron chi connectivity index (χ0n) is 14.5. The van der Waals surface area contributed by atoms with Crippen molar-refractivity contribution in [3.63, 3.8) is 0 Å². The van der Waals surface area contributed by atoms with Gasteiger partial charge < -0.3 is 4.90 Å². The average Bonchev–Trinajstić information content (AvgIpc) is 2.95. The summed E-state index contributed by atoms with van der Waals surface area (Å²) in [5.74, 6) is -0.0170. The number of hydrogen-bond acceptors (Lipinski definition) is 5. The predicted octanol–water partition coefficient (Wildman–Crippen LogP) is 3.26. The van der Waals surface area contributed by atoms with Crippen LogP contribution in [0.15, 0.2) is 29.2 Å². The lowest BCUT2D eigenvalue weighted by molar-refractivity contribution is 0.0701. The maximum atomic E-state index is 13.0. The number of benzene rings is 1. The van der Waals surface area contributed by atoms with Gasteiger partial charge in [0.1, 0.15) is 10.7 Å². The van der Waals surface area contributed by atoms with Crippen molar-refractivity contribution in [2.24, 2.45) is 5.92 Å². The minimum absolute atomic E-state index is 0.0651. The highest BCUT2D eigenvalue weighted by molar-refractivity contribution is 7.93. The first-order chi connectivity index (χ1) is 12.3. The van der Waals surface area contributed by atoms with Crippen LogP contribution in [0.1, 0.15) is 35.1 Å². The quantitative estimate of drug-likeness (QED) is 0.859. The van der Waals surface area contributed by atoms with Gasteiger partial charge in [0, 0.05) is 13.1 Å². The molecule has 26 heavy (non-hydrogen) atoms. The molecule has 0 unspecified atom stereocenters. The van der Waals surface area contributed by atoms with E-state index in [2.05, 4.69) is 16.6 Å². The highest BCUT2D eigenvalue weighted by atomic mass is 32.2. The number of anilines is 1. The van der Waals surface area contributed by atoms with Gasteiger partial charge in [0.2, 0.25) is 0 Å². The summed E-state index contributed by atoms with van der Waals surface area (Å²) in [4.78, 5) is 19.0. The normalized spacial score (nSPS) is 15.9. The number of carbonyl (C=O) groups is 1. The molecule has 1 aliphatic rings. The van der Waals surface area contributed by atoms with Crippen LogP contribution in [0, 0.1) is 18.7 Å². The van der Waals surface area contributed by atoms with E-state index in [1.165, 1.54) is 12.1 Å². The van der Waals surface area contributed by atoms with Crippen molar-refractivity contribution in [3.05, 3.63) is 40.7 Å². The number of carbonyl (C=O) groups excluding carboxylic acids is 1. The zero-order valence-corrected chi connectivity index (χ0v) is 16.2. The van der Waals surface area contributed by atoms with Gasteiger partial charge in [-0.3, -0.25) is 9.52 Å². The molecule has 140 valence electrons. The van der Waals surface area contributed by atoms with Crippen molar-refractivity contribution >= 4 is 32.4 Å². The standard InChI is InChI=1S/C17H20FN3O3S2/c1-11-7-9-21(10-8-11)16(22)15-12(2)19-17(25-15)20-26(23,24)14-5-3-13(18)4-6-14/h3-6,11H,7-10H2,1-2H3,(H,19,20). The van der Waals surface area contributed by atoms with Crippen molar-refractivity contribution in [2.75, 3.05) is 17.8 Å². The molecular formula is C17H20FN3O3S2. The van der Waals surface area contributed by atoms with E-state index in [-0.39, 0.29) is 15.9 Å². The second kappa shape index (κ2) is 7.32. The lowest BCUT2D eigenvalue weighted by Gasteiger charge is -2.29. The van der Waals surface area contributed by atoms with Gasteiger partial charge in [-0.2, -0.15) is 0 Å². The van der Waals surface area contributed by atoms with E-state index in [0.717, 1.165) is 36.3 Å². The van der Waals surface area contributed by atoms with Gasteiger partial charge >= 0.3 is 0 Å². The molecular weight excluding hydrogens is 377 g/mol. The Kier molecular flexibility index (Phi) is 5.29. The van der Waals surface area contributed by atoms with Gasteiger partial charge in [-0.1, -0.05) is 18.3 Å². The Morgan fingerprint density at radius 3 is 2.50 bits per heavy atom. The molecule has 1 aromatic carbocycles. The number of nitrogens with zero attached hydrogens (tertiary/aromatic N) is 2. The van der Waals surface area contributed by atoms with Crippen LogP contribution in [0.5, 0.6) is 0 Å². The van der Waals surface area contributed by atoms with E-state index < -0.39 is 15.8 Å². The van der Waals surface area contributed by atoms with Gasteiger partial charge in [0.05, 0.1) is 10.6 Å². The molecule has 3 rings (SSSR count). The molecule has 1 N–H and O–H groups in total. The van der Waals surface area contributed by atoms with E-state index in [1.54, 1.807) is 11.8 Å². The van der Waals surface area contributed by atoms with E-state index in [4.69, 9.17) is 0 Å². The molecule has 0 radical (unpaired) electrons. The molecule has 0 aliphatic carbocycles. The molecule has 2 heterocycles. The third-order valence-electron chi connectivity index (χ3n) is 4.41. The Labute approximate surface area is 156 Å². The summed E-state index contributed by atoms with van der Waals surface area (Å²) >= 11 is 1.02. The average molecular weight is 397 g/mol. The lowest BCUT2D eigenvalue weighted by atomic mass is 9.99. The molecule has 2 aromatic rings. The van der Waals surface area contributed by atoms with Crippen LogP contribution in [0.25, 0.3) is 0 Å². The fourth-order valence-corrected chi connectivity index (χ4v) is 4.95. The molecule has 1 saturated heterocycles. The van der Waals surface area contributed by atoms with Gasteiger partial charge in [-0.25, -0.2) is 17.8 Å². The Hall–Kier alpha value is -2.00. The number of hydrogen-bond donors (Lipinski definition) is 1. The fraction of sp³-hybridized carbons (Fsp3) is 0.412. The summed E-state index contributed by atoms with van der Waals surface area (Å²) in [6.45, 7) is 5.26. The van der Waals surface area contributed by atoms with Crippen LogP contribution in [-0.4, -0.2) is 37.3 Å². The van der Waals surface area contributed by atoms with Gasteiger partial charge in [-0.05, 0) is 49.9 Å². The number of amides is 1. The maximum Gasteiger partial charge on any atom is 0.265 e. The Morgan fingerprint density at radius 1 is 1.27 bits per heavy atom. The number of aromatic nitrogens is 1. The summed E-state index contributed by atoms with van der Waals surface area (Å²) in [6.07, 6.45) is 1.93. The first-order valence-electron chi connectivity index (χ1n) is 8.31. The molecule has 1 fully saturated rings. The first kappa shape index (κ1) is 18.8. The van der Waals surface area contributed by atoms with E-state index in [1.807, 2.05) is 0 Å². The molecule has 1 aromatic heterocycles. The van der Waals surface area contributed by atoms with Crippen molar-refractivity contribution in [2.45, 2.75) is 31.6 Å². The van der Waals surface area contributed by atoms with Crippen LogP contribution in [0.2, 0.25) is 0 Å². The van der Waals surface area contributed by atoms with E-state index in [9.17, 15) is 17.6 Å². The second-order valence-electron chi connectivity index (χ2n) is 6.47. The van der Waals surface area contributed by atoms with E-state index in [0.29, 0.717) is 29.6 Å². The van der Waals surface area contributed by atoms with E-state index >= 15 is 0 Å². The number of rotatable bonds is 4. The second-order valence-corrected chi connectivity index (χ2v) is 9.15. The number of nitrogens with one attached hydrogen (secondary N) is 1. The van der Waals surface area contributed by atoms with Gasteiger partial charge in [0.15, 0.2) is 5.13 Å². The molecule has 1 aliphatic heterocycles. The third-order valence-corrected chi connectivity index (χ3v) is 6.95. The van der Waals surface area contributed by atoms with Crippen molar-refractivity contribution < 1.29 is 17.6 Å². The van der Waals surface area contributed by atoms with Crippen molar-refractivity contribution in [1.29, 1.82) is 0 Å². The smallest absolute Gasteiger partial charge is 0.265 e. The van der Waals surface area contributed by atoms with Crippen molar-refractivity contribution in [1.82, 2.24) is 9.88 Å². The Bertz CT molecular complexity index is 902. The predicted molar refractivity (Wildman–Crippen MR) is 98.4 cm³/mol. The molecule has 9 heteroatoms. The minimum Gasteiger partial charge on any atom is -0.338 e. The minimum atomic E-state index is -3.89. The third kappa shape index (κ3) is 4.04. The number of thiazole rings is 1. The molecule has 0 bridgehead atoms. The summed E-state index contributed by atoms with van der Waals surface area (Å²) in [6, 6.07) is 4.51.